The van der Waals surface area contributed by atoms with Gasteiger partial charge in [0, 0.05) is 11.8 Å². The third kappa shape index (κ3) is 4.77. The van der Waals surface area contributed by atoms with E-state index in [2.05, 4.69) is 10.3 Å². The molecule has 1 aliphatic rings. The highest BCUT2D eigenvalue weighted by atomic mass is 32.2. The lowest BCUT2D eigenvalue weighted by Gasteiger charge is -2.13. The van der Waals surface area contributed by atoms with Gasteiger partial charge in [-0.2, -0.15) is 0 Å². The molecule has 1 amide bonds. The van der Waals surface area contributed by atoms with Crippen LogP contribution in [0.25, 0.3) is 10.2 Å². The van der Waals surface area contributed by atoms with Crippen LogP contribution in [0.5, 0.6) is 23.0 Å². The molecule has 1 N–H and O–H groups in total. The van der Waals surface area contributed by atoms with Gasteiger partial charge in [-0.15, -0.1) is 11.3 Å². The van der Waals surface area contributed by atoms with E-state index >= 15 is 0 Å². The summed E-state index contributed by atoms with van der Waals surface area (Å²) < 4.78 is 23.5. The Bertz CT molecular complexity index is 1470. The Morgan fingerprint density at radius 2 is 1.94 bits per heavy atom. The zero-order valence-electron chi connectivity index (χ0n) is 18.9. The lowest BCUT2D eigenvalue weighted by molar-refractivity contribution is -0.113. The molecule has 1 aliphatic heterocycles. The van der Waals surface area contributed by atoms with Gasteiger partial charge in [-0.1, -0.05) is 17.8 Å². The third-order valence-electron chi connectivity index (χ3n) is 5.31. The Kier molecular flexibility index (Phi) is 6.51. The summed E-state index contributed by atoms with van der Waals surface area (Å²) in [7, 11) is 3.08. The van der Waals surface area contributed by atoms with E-state index in [0.717, 1.165) is 5.56 Å². The van der Waals surface area contributed by atoms with Gasteiger partial charge in [-0.3, -0.25) is 14.2 Å². The Balaban J connectivity index is 1.37. The molecule has 0 fully saturated rings. The molecule has 9 nitrogen and oxygen atoms in total. The third-order valence-corrected chi connectivity index (χ3v) is 7.18. The molecular weight excluding hydrogens is 490 g/mol. The Labute approximate surface area is 208 Å². The van der Waals surface area contributed by atoms with Crippen molar-refractivity contribution in [2.75, 3.05) is 32.1 Å². The van der Waals surface area contributed by atoms with Crippen LogP contribution in [0.4, 0.5) is 5.69 Å². The molecule has 0 aliphatic carbocycles. The number of nitrogens with zero attached hydrogens (tertiary/aromatic N) is 2. The molecule has 2 aromatic carbocycles. The van der Waals surface area contributed by atoms with Crippen molar-refractivity contribution in [2.45, 2.75) is 11.7 Å². The van der Waals surface area contributed by atoms with E-state index in [1.807, 2.05) is 23.6 Å². The van der Waals surface area contributed by atoms with E-state index in [0.29, 0.717) is 44.1 Å². The molecule has 0 radical (unpaired) electrons. The molecule has 0 bridgehead atoms. The van der Waals surface area contributed by atoms with Crippen molar-refractivity contribution in [2.24, 2.45) is 0 Å². The van der Waals surface area contributed by atoms with Crippen molar-refractivity contribution < 1.29 is 23.7 Å². The van der Waals surface area contributed by atoms with Crippen LogP contribution in [0, 0.1) is 0 Å². The number of ether oxygens (including phenoxy) is 4. The number of amides is 1. The molecule has 5 rings (SSSR count). The zero-order chi connectivity index (χ0) is 24.4. The molecule has 0 unspecified atom stereocenters. The van der Waals surface area contributed by atoms with Crippen molar-refractivity contribution in [1.82, 2.24) is 9.55 Å². The van der Waals surface area contributed by atoms with Crippen molar-refractivity contribution in [3.63, 3.8) is 0 Å². The highest BCUT2D eigenvalue weighted by Crippen LogP contribution is 2.33. The quantitative estimate of drug-likeness (QED) is 0.280. The van der Waals surface area contributed by atoms with Gasteiger partial charge in [-0.25, -0.2) is 4.98 Å². The molecule has 180 valence electrons. The first kappa shape index (κ1) is 23.1. The lowest BCUT2D eigenvalue weighted by Crippen LogP contribution is -2.24. The number of fused-ring (bicyclic) bond motifs is 2. The fourth-order valence-electron chi connectivity index (χ4n) is 3.64. The molecule has 3 heterocycles. The summed E-state index contributed by atoms with van der Waals surface area (Å²) >= 11 is 2.55. The van der Waals surface area contributed by atoms with Crippen LogP contribution in [0.3, 0.4) is 0 Å². The minimum absolute atomic E-state index is 0.0670. The predicted molar refractivity (Wildman–Crippen MR) is 134 cm³/mol. The second-order valence-electron chi connectivity index (χ2n) is 7.51. The molecule has 0 spiro atoms. The summed E-state index contributed by atoms with van der Waals surface area (Å²) in [4.78, 5) is 30.6. The Morgan fingerprint density at radius 1 is 1.11 bits per heavy atom. The second-order valence-corrected chi connectivity index (χ2v) is 9.37. The number of aromatic nitrogens is 2. The number of hydrogen-bond acceptors (Lipinski definition) is 9. The van der Waals surface area contributed by atoms with Gasteiger partial charge in [0.25, 0.3) is 5.56 Å². The molecule has 2 aromatic heterocycles. The van der Waals surface area contributed by atoms with Crippen LogP contribution in [0.2, 0.25) is 0 Å². The van der Waals surface area contributed by atoms with Crippen LogP contribution >= 0.6 is 23.1 Å². The normalized spacial score (nSPS) is 12.1. The first-order valence-corrected chi connectivity index (χ1v) is 12.4. The maximum absolute atomic E-state index is 13.3. The molecule has 35 heavy (non-hydrogen) atoms. The summed E-state index contributed by atoms with van der Waals surface area (Å²) in [5.74, 6) is 2.23. The van der Waals surface area contributed by atoms with E-state index < -0.39 is 0 Å². The van der Waals surface area contributed by atoms with Crippen LogP contribution < -0.4 is 29.8 Å². The minimum Gasteiger partial charge on any atom is -0.493 e. The SMILES string of the molecule is COc1ccc(NC(=O)CSc2nc3ccsc3c(=O)n2Cc2ccc3c(c2)OCO3)cc1OC. The zero-order valence-corrected chi connectivity index (χ0v) is 20.5. The highest BCUT2D eigenvalue weighted by molar-refractivity contribution is 7.99. The summed E-state index contributed by atoms with van der Waals surface area (Å²) in [6.45, 7) is 0.466. The molecule has 11 heteroatoms. The average molecular weight is 512 g/mol. The van der Waals surface area contributed by atoms with E-state index in [-0.39, 0.29) is 30.6 Å². The van der Waals surface area contributed by atoms with E-state index in [9.17, 15) is 9.59 Å². The van der Waals surface area contributed by atoms with Gasteiger partial charge in [0.15, 0.2) is 28.2 Å². The Morgan fingerprint density at radius 3 is 2.77 bits per heavy atom. The van der Waals surface area contributed by atoms with Crippen molar-refractivity contribution in [1.29, 1.82) is 0 Å². The summed E-state index contributed by atoms with van der Waals surface area (Å²) in [5, 5.41) is 5.14. The number of rotatable bonds is 8. The van der Waals surface area contributed by atoms with E-state index in [1.165, 1.54) is 30.2 Å². The fourth-order valence-corrected chi connectivity index (χ4v) is 5.21. The maximum atomic E-state index is 13.3. The van der Waals surface area contributed by atoms with Crippen molar-refractivity contribution in [3.8, 4) is 23.0 Å². The van der Waals surface area contributed by atoms with Gasteiger partial charge in [-0.05, 0) is 41.3 Å². The van der Waals surface area contributed by atoms with Crippen molar-refractivity contribution in [3.05, 3.63) is 63.8 Å². The van der Waals surface area contributed by atoms with Crippen LogP contribution in [0.1, 0.15) is 5.56 Å². The number of nitrogens with one attached hydrogen (secondary N) is 1. The Hall–Kier alpha value is -3.70. The molecule has 0 saturated heterocycles. The summed E-state index contributed by atoms with van der Waals surface area (Å²) in [6.07, 6.45) is 0. The number of thiophene rings is 1. The summed E-state index contributed by atoms with van der Waals surface area (Å²) in [6, 6.07) is 12.5. The molecule has 4 aromatic rings. The fraction of sp³-hybridized carbons (Fsp3) is 0.208. The largest absolute Gasteiger partial charge is 0.493 e. The van der Waals surface area contributed by atoms with Gasteiger partial charge in [0.1, 0.15) is 4.70 Å². The number of carbonyl (C=O) groups is 1. The van der Waals surface area contributed by atoms with Crippen molar-refractivity contribution >= 4 is 44.9 Å². The van der Waals surface area contributed by atoms with Crippen LogP contribution in [-0.2, 0) is 11.3 Å². The van der Waals surface area contributed by atoms with Gasteiger partial charge >= 0.3 is 0 Å². The number of anilines is 1. The van der Waals surface area contributed by atoms with Gasteiger partial charge in [0.2, 0.25) is 12.7 Å². The van der Waals surface area contributed by atoms with E-state index in [1.54, 1.807) is 35.9 Å². The van der Waals surface area contributed by atoms with Gasteiger partial charge in [0.05, 0.1) is 32.0 Å². The first-order valence-electron chi connectivity index (χ1n) is 10.6. The highest BCUT2D eigenvalue weighted by Gasteiger charge is 2.18. The van der Waals surface area contributed by atoms with Crippen LogP contribution in [-0.4, -0.2) is 42.2 Å². The monoisotopic (exact) mass is 511 g/mol. The topological polar surface area (TPSA) is 101 Å². The predicted octanol–water partition coefficient (Wildman–Crippen LogP) is 3.98. The van der Waals surface area contributed by atoms with Gasteiger partial charge < -0.3 is 24.3 Å². The van der Waals surface area contributed by atoms with Crippen LogP contribution in [0.15, 0.2) is 57.8 Å². The smallest absolute Gasteiger partial charge is 0.272 e. The number of hydrogen-bond donors (Lipinski definition) is 1. The number of thioether (sulfide) groups is 1. The van der Waals surface area contributed by atoms with E-state index in [4.69, 9.17) is 18.9 Å². The molecule has 0 saturated carbocycles. The standard InChI is InChI=1S/C24H21N3O6S2/c1-30-17-6-4-15(10-19(17)31-2)25-21(28)12-35-24-26-16-7-8-34-22(16)23(29)27(24)11-14-3-5-18-20(9-14)33-13-32-18/h3-10H,11-13H2,1-2H3,(H,25,28). The minimum atomic E-state index is -0.239. The molecular formula is C24H21N3O6S2. The number of methoxy groups -OCH3 is 2. The summed E-state index contributed by atoms with van der Waals surface area (Å²) in [5.41, 5.74) is 1.91. The average Bonchev–Trinajstić information content (AvgIpc) is 3.54. The number of benzene rings is 2. The lowest BCUT2D eigenvalue weighted by atomic mass is 10.2. The maximum Gasteiger partial charge on any atom is 0.272 e. The first-order chi connectivity index (χ1) is 17.1. The molecule has 0 atom stereocenters. The second kappa shape index (κ2) is 9.88. The number of carbonyl (C=O) groups excluding carboxylic acids is 1.